The molecule has 1 saturated heterocycles. The molecule has 3 nitrogen and oxygen atoms in total. The molecule has 0 radical (unpaired) electrons. The number of hydrogen-bond acceptors (Lipinski definition) is 4. The monoisotopic (exact) mass is 357 g/mol. The molecule has 0 unspecified atom stereocenters. The summed E-state index contributed by atoms with van der Waals surface area (Å²) in [5, 5.41) is 10.3. The lowest BCUT2D eigenvalue weighted by atomic mass is 10.1. The second kappa shape index (κ2) is 7.02. The van der Waals surface area contributed by atoms with Gasteiger partial charge in [-0.3, -0.25) is 4.90 Å². The van der Waals surface area contributed by atoms with Gasteiger partial charge in [-0.15, -0.1) is 11.3 Å². The zero-order valence-electron chi connectivity index (χ0n) is 13.9. The van der Waals surface area contributed by atoms with Crippen molar-refractivity contribution >= 4 is 21.4 Å². The molecule has 3 aromatic rings. The van der Waals surface area contributed by atoms with Crippen molar-refractivity contribution in [3.63, 3.8) is 0 Å². The number of likely N-dealkylation sites (tertiary alicyclic amines) is 1. The van der Waals surface area contributed by atoms with Crippen molar-refractivity contribution in [1.82, 2.24) is 4.90 Å². The summed E-state index contributed by atoms with van der Waals surface area (Å²) >= 11 is 1.35. The lowest BCUT2D eigenvalue weighted by Crippen LogP contribution is -2.25. The minimum absolute atomic E-state index is 0.303. The van der Waals surface area contributed by atoms with Gasteiger partial charge in [0.1, 0.15) is 12.4 Å². The van der Waals surface area contributed by atoms with Gasteiger partial charge in [0, 0.05) is 11.4 Å². The Morgan fingerprint density at radius 1 is 1.08 bits per heavy atom. The van der Waals surface area contributed by atoms with E-state index in [2.05, 4.69) is 4.90 Å². The van der Waals surface area contributed by atoms with Gasteiger partial charge in [0.2, 0.25) is 0 Å². The normalized spacial score (nSPS) is 15.1. The van der Waals surface area contributed by atoms with Crippen molar-refractivity contribution < 1.29 is 14.2 Å². The van der Waals surface area contributed by atoms with Gasteiger partial charge >= 0.3 is 0 Å². The van der Waals surface area contributed by atoms with Crippen molar-refractivity contribution in [3.8, 4) is 21.9 Å². The molecule has 0 bridgehead atoms. The number of nitrogens with zero attached hydrogens (tertiary/aromatic N) is 1. The molecule has 1 aliphatic heterocycles. The molecule has 1 fully saturated rings. The van der Waals surface area contributed by atoms with E-state index in [1.54, 1.807) is 6.07 Å². The predicted octanol–water partition coefficient (Wildman–Crippen LogP) is 4.89. The van der Waals surface area contributed by atoms with E-state index in [1.165, 1.54) is 43.3 Å². The van der Waals surface area contributed by atoms with Crippen molar-refractivity contribution in [1.29, 1.82) is 0 Å². The van der Waals surface area contributed by atoms with Gasteiger partial charge in [-0.2, -0.15) is 0 Å². The summed E-state index contributed by atoms with van der Waals surface area (Å²) in [5.41, 5.74) is 1.02. The molecule has 0 amide bonds. The van der Waals surface area contributed by atoms with Gasteiger partial charge < -0.3 is 9.84 Å². The molecular weight excluding hydrogens is 337 g/mol. The molecule has 130 valence electrons. The van der Waals surface area contributed by atoms with E-state index in [1.807, 2.05) is 30.3 Å². The maximum absolute atomic E-state index is 14.0. The number of thiophene rings is 1. The van der Waals surface area contributed by atoms with Crippen LogP contribution in [0.3, 0.4) is 0 Å². The Morgan fingerprint density at radius 3 is 2.60 bits per heavy atom. The number of hydrogen-bond donors (Lipinski definition) is 1. The van der Waals surface area contributed by atoms with Gasteiger partial charge in [-0.05, 0) is 79.3 Å². The average Bonchev–Trinajstić information content (AvgIpc) is 3.29. The van der Waals surface area contributed by atoms with Gasteiger partial charge in [0.15, 0.2) is 11.6 Å². The lowest BCUT2D eigenvalue weighted by Gasteiger charge is -2.14. The number of rotatable bonds is 5. The highest BCUT2D eigenvalue weighted by Gasteiger charge is 2.12. The van der Waals surface area contributed by atoms with E-state index in [0.29, 0.717) is 11.3 Å². The van der Waals surface area contributed by atoms with E-state index in [9.17, 15) is 9.50 Å². The van der Waals surface area contributed by atoms with Crippen molar-refractivity contribution in [2.24, 2.45) is 0 Å². The highest BCUT2D eigenvalue weighted by atomic mass is 32.1. The maximum Gasteiger partial charge on any atom is 0.182 e. The van der Waals surface area contributed by atoms with Crippen LogP contribution in [-0.4, -0.2) is 36.2 Å². The molecule has 0 aliphatic carbocycles. The summed E-state index contributed by atoms with van der Waals surface area (Å²) in [6, 6.07) is 13.0. The number of aromatic hydroxyl groups is 1. The first-order valence-electron chi connectivity index (χ1n) is 8.57. The van der Waals surface area contributed by atoms with Crippen LogP contribution < -0.4 is 4.74 Å². The van der Waals surface area contributed by atoms with Crippen LogP contribution in [0.25, 0.3) is 20.5 Å². The van der Waals surface area contributed by atoms with Crippen LogP contribution in [0, 0.1) is 5.82 Å². The van der Waals surface area contributed by atoms with Gasteiger partial charge in [-0.25, -0.2) is 4.39 Å². The Hall–Kier alpha value is -2.11. The third kappa shape index (κ3) is 3.48. The number of phenols is 1. The van der Waals surface area contributed by atoms with Gasteiger partial charge in [0.05, 0.1) is 4.70 Å². The van der Waals surface area contributed by atoms with Crippen LogP contribution in [0.5, 0.6) is 11.5 Å². The minimum Gasteiger partial charge on any atom is -0.505 e. The van der Waals surface area contributed by atoms with Crippen LogP contribution in [0.4, 0.5) is 4.39 Å². The van der Waals surface area contributed by atoms with E-state index in [4.69, 9.17) is 4.74 Å². The second-order valence-corrected chi connectivity index (χ2v) is 7.40. The summed E-state index contributed by atoms with van der Waals surface area (Å²) in [6.45, 7) is 4.04. The van der Waals surface area contributed by atoms with Gasteiger partial charge in [0.25, 0.3) is 0 Å². The van der Waals surface area contributed by atoms with Crippen LogP contribution in [0.1, 0.15) is 12.8 Å². The number of benzene rings is 2. The third-order valence-electron chi connectivity index (χ3n) is 4.62. The molecule has 0 saturated carbocycles. The fraction of sp³-hybridized carbons (Fsp3) is 0.300. The lowest BCUT2D eigenvalue weighted by molar-refractivity contribution is 0.238. The Labute approximate surface area is 150 Å². The van der Waals surface area contributed by atoms with Crippen LogP contribution in [0.2, 0.25) is 0 Å². The first-order chi connectivity index (χ1) is 12.2. The quantitative estimate of drug-likeness (QED) is 0.706. The zero-order chi connectivity index (χ0) is 17.2. The number of ether oxygens (including phenoxy) is 1. The molecule has 1 aromatic heterocycles. The standard InChI is InChI=1S/C20H20FNO2S/c21-19-17(23)8-5-15-13-18(25-20(15)19)14-3-6-16(7-4-14)24-12-11-22-9-1-2-10-22/h3-8,13,23H,1-2,9-12H2. The summed E-state index contributed by atoms with van der Waals surface area (Å²) in [7, 11) is 0. The molecule has 4 rings (SSSR count). The first-order valence-corrected chi connectivity index (χ1v) is 9.39. The topological polar surface area (TPSA) is 32.7 Å². The molecule has 2 heterocycles. The highest BCUT2D eigenvalue weighted by Crippen LogP contribution is 2.37. The van der Waals surface area contributed by atoms with Crippen molar-refractivity contribution in [2.75, 3.05) is 26.2 Å². The van der Waals surface area contributed by atoms with Gasteiger partial charge in [-0.1, -0.05) is 0 Å². The Balaban J connectivity index is 1.45. The molecule has 25 heavy (non-hydrogen) atoms. The zero-order valence-corrected chi connectivity index (χ0v) is 14.7. The SMILES string of the molecule is Oc1ccc2cc(-c3ccc(OCCN4CCCC4)cc3)sc2c1F. The number of fused-ring (bicyclic) bond motifs is 1. The third-order valence-corrected chi connectivity index (χ3v) is 5.81. The molecule has 0 atom stereocenters. The Kier molecular flexibility index (Phi) is 4.59. The fourth-order valence-electron chi connectivity index (χ4n) is 3.22. The van der Waals surface area contributed by atoms with Crippen LogP contribution in [0.15, 0.2) is 42.5 Å². The van der Waals surface area contributed by atoms with E-state index in [0.717, 1.165) is 28.1 Å². The highest BCUT2D eigenvalue weighted by molar-refractivity contribution is 7.22. The van der Waals surface area contributed by atoms with E-state index >= 15 is 0 Å². The molecule has 0 spiro atoms. The largest absolute Gasteiger partial charge is 0.505 e. The molecule has 1 aliphatic rings. The molecular formula is C20H20FNO2S. The second-order valence-electron chi connectivity index (χ2n) is 6.35. The van der Waals surface area contributed by atoms with Crippen LogP contribution >= 0.6 is 11.3 Å². The minimum atomic E-state index is -0.546. The average molecular weight is 357 g/mol. The number of halogens is 1. The molecule has 1 N–H and O–H groups in total. The fourth-order valence-corrected chi connectivity index (χ4v) is 4.31. The van der Waals surface area contributed by atoms with Crippen LogP contribution in [-0.2, 0) is 0 Å². The summed E-state index contributed by atoms with van der Waals surface area (Å²) in [6.07, 6.45) is 2.59. The van der Waals surface area contributed by atoms with E-state index < -0.39 is 5.82 Å². The smallest absolute Gasteiger partial charge is 0.182 e. The first kappa shape index (κ1) is 16.4. The molecule has 5 heteroatoms. The maximum atomic E-state index is 14.0. The Bertz CT molecular complexity index is 869. The number of phenolic OH excluding ortho intramolecular Hbond substituents is 1. The summed E-state index contributed by atoms with van der Waals surface area (Å²) in [4.78, 5) is 3.40. The van der Waals surface area contributed by atoms with Crippen molar-refractivity contribution in [2.45, 2.75) is 12.8 Å². The predicted molar refractivity (Wildman–Crippen MR) is 100 cm³/mol. The van der Waals surface area contributed by atoms with E-state index in [-0.39, 0.29) is 5.75 Å². The summed E-state index contributed by atoms with van der Waals surface area (Å²) in [5.74, 6) is 0.00569. The van der Waals surface area contributed by atoms with Crippen molar-refractivity contribution in [3.05, 3.63) is 48.3 Å². The molecule has 2 aromatic carbocycles. The summed E-state index contributed by atoms with van der Waals surface area (Å²) < 4.78 is 20.3. The Morgan fingerprint density at radius 2 is 1.84 bits per heavy atom.